The van der Waals surface area contributed by atoms with Crippen molar-refractivity contribution in [3.05, 3.63) is 5.82 Å². The minimum absolute atomic E-state index is 0.0155. The third-order valence-electron chi connectivity index (χ3n) is 2.36. The number of amides is 1. The highest BCUT2D eigenvalue weighted by atomic mass is 16.4. The summed E-state index contributed by atoms with van der Waals surface area (Å²) >= 11 is 0. The molecule has 1 unspecified atom stereocenters. The van der Waals surface area contributed by atoms with E-state index in [1.165, 1.54) is 0 Å². The number of nitrogens with zero attached hydrogens (tertiary/aromatic N) is 2. The number of nitrogens with two attached hydrogens (primary N) is 1. The fourth-order valence-corrected chi connectivity index (χ4v) is 1.40. The Kier molecular flexibility index (Phi) is 2.47. The molecule has 1 aliphatic carbocycles. The molecule has 0 bridgehead atoms. The van der Waals surface area contributed by atoms with Gasteiger partial charge in [-0.2, -0.15) is 4.98 Å². The molecule has 86 valence electrons. The van der Waals surface area contributed by atoms with E-state index in [-0.39, 0.29) is 17.7 Å². The first-order valence-corrected chi connectivity index (χ1v) is 4.79. The van der Waals surface area contributed by atoms with E-state index in [9.17, 15) is 9.59 Å². The van der Waals surface area contributed by atoms with E-state index in [1.54, 1.807) is 0 Å². The summed E-state index contributed by atoms with van der Waals surface area (Å²) in [6.45, 7) is 0. The number of nitrogens with one attached hydrogen (secondary N) is 2. The molecule has 0 aromatic carbocycles. The lowest BCUT2D eigenvalue weighted by atomic mass is 10.2. The van der Waals surface area contributed by atoms with Crippen molar-refractivity contribution in [2.75, 3.05) is 5.73 Å². The van der Waals surface area contributed by atoms with Gasteiger partial charge in [-0.15, -0.1) is 5.10 Å². The summed E-state index contributed by atoms with van der Waals surface area (Å²) in [6, 6.07) is -0.862. The number of rotatable bonds is 4. The first-order valence-electron chi connectivity index (χ1n) is 4.79. The number of H-pyrrole nitrogens is 1. The Hall–Kier alpha value is -2.12. The number of aromatic amines is 1. The first kappa shape index (κ1) is 10.4. The molecule has 1 amide bonds. The minimum atomic E-state index is -1.04. The van der Waals surface area contributed by atoms with Gasteiger partial charge in [0.05, 0.1) is 0 Å². The van der Waals surface area contributed by atoms with Crippen LogP contribution < -0.4 is 11.1 Å². The third kappa shape index (κ3) is 2.10. The predicted molar refractivity (Wildman–Crippen MR) is 52.4 cm³/mol. The van der Waals surface area contributed by atoms with Crippen LogP contribution in [0.1, 0.15) is 23.5 Å². The van der Waals surface area contributed by atoms with Crippen molar-refractivity contribution in [2.45, 2.75) is 18.9 Å². The molecule has 8 nitrogen and oxygen atoms in total. The number of anilines is 1. The number of carboxylic acid groups (broad SMARTS) is 1. The number of hydrogen-bond donors (Lipinski definition) is 4. The molecule has 0 aliphatic heterocycles. The van der Waals surface area contributed by atoms with Crippen LogP contribution in [0, 0.1) is 5.92 Å². The number of nitrogen functional groups attached to an aromatic ring is 1. The van der Waals surface area contributed by atoms with Gasteiger partial charge >= 0.3 is 5.97 Å². The molecule has 1 heterocycles. The van der Waals surface area contributed by atoms with Crippen LogP contribution in [0.5, 0.6) is 0 Å². The summed E-state index contributed by atoms with van der Waals surface area (Å²) in [5.41, 5.74) is 5.23. The van der Waals surface area contributed by atoms with Crippen molar-refractivity contribution in [3.8, 4) is 0 Å². The Morgan fingerprint density at radius 3 is 2.69 bits per heavy atom. The molecule has 16 heavy (non-hydrogen) atoms. The Bertz CT molecular complexity index is 425. The maximum atomic E-state index is 11.5. The van der Waals surface area contributed by atoms with Crippen LogP contribution in [0.15, 0.2) is 0 Å². The van der Waals surface area contributed by atoms with Crippen LogP contribution in [0.4, 0.5) is 5.95 Å². The molecule has 1 fully saturated rings. The number of hydrogen-bond acceptors (Lipinski definition) is 5. The largest absolute Gasteiger partial charge is 0.480 e. The van der Waals surface area contributed by atoms with E-state index >= 15 is 0 Å². The van der Waals surface area contributed by atoms with Crippen LogP contribution in [-0.4, -0.2) is 38.2 Å². The third-order valence-corrected chi connectivity index (χ3v) is 2.36. The SMILES string of the molecule is Nc1n[nH]c(C(=O)NC(C(=O)O)C2CC2)n1. The van der Waals surface area contributed by atoms with E-state index in [0.717, 1.165) is 12.8 Å². The van der Waals surface area contributed by atoms with Crippen molar-refractivity contribution in [3.63, 3.8) is 0 Å². The minimum Gasteiger partial charge on any atom is -0.480 e. The molecule has 1 saturated carbocycles. The number of aromatic nitrogens is 3. The van der Waals surface area contributed by atoms with Gasteiger partial charge in [-0.3, -0.25) is 9.89 Å². The van der Waals surface area contributed by atoms with E-state index < -0.39 is 17.9 Å². The Morgan fingerprint density at radius 2 is 2.25 bits per heavy atom. The van der Waals surface area contributed by atoms with Crippen LogP contribution in [-0.2, 0) is 4.79 Å². The summed E-state index contributed by atoms with van der Waals surface area (Å²) in [4.78, 5) is 26.0. The highest BCUT2D eigenvalue weighted by molar-refractivity contribution is 5.93. The molecule has 1 aromatic heterocycles. The quantitative estimate of drug-likeness (QED) is 0.518. The zero-order chi connectivity index (χ0) is 11.7. The van der Waals surface area contributed by atoms with Crippen molar-refractivity contribution in [2.24, 2.45) is 5.92 Å². The fraction of sp³-hybridized carbons (Fsp3) is 0.500. The van der Waals surface area contributed by atoms with Crippen LogP contribution in [0.25, 0.3) is 0 Å². The average molecular weight is 225 g/mol. The lowest BCUT2D eigenvalue weighted by molar-refractivity contribution is -0.139. The molecule has 0 spiro atoms. The molecule has 2 rings (SSSR count). The van der Waals surface area contributed by atoms with E-state index in [1.807, 2.05) is 0 Å². The van der Waals surface area contributed by atoms with Gasteiger partial charge in [-0.05, 0) is 18.8 Å². The van der Waals surface area contributed by atoms with Gasteiger partial charge in [-0.25, -0.2) is 4.79 Å². The lowest BCUT2D eigenvalue weighted by Gasteiger charge is -2.11. The molecule has 5 N–H and O–H groups in total. The Balaban J connectivity index is 2.02. The average Bonchev–Trinajstić information content (AvgIpc) is 2.96. The summed E-state index contributed by atoms with van der Waals surface area (Å²) in [7, 11) is 0. The second-order valence-corrected chi connectivity index (χ2v) is 3.67. The second kappa shape index (κ2) is 3.80. The molecular weight excluding hydrogens is 214 g/mol. The first-order chi connectivity index (χ1) is 7.58. The topological polar surface area (TPSA) is 134 Å². The normalized spacial score (nSPS) is 16.8. The smallest absolute Gasteiger partial charge is 0.326 e. The van der Waals surface area contributed by atoms with Crippen molar-refractivity contribution >= 4 is 17.8 Å². The summed E-state index contributed by atoms with van der Waals surface area (Å²) in [5.74, 6) is -1.76. The summed E-state index contributed by atoms with van der Waals surface area (Å²) < 4.78 is 0. The van der Waals surface area contributed by atoms with Crippen molar-refractivity contribution in [1.29, 1.82) is 0 Å². The maximum Gasteiger partial charge on any atom is 0.326 e. The number of aliphatic carboxylic acids is 1. The van der Waals surface area contributed by atoms with Gasteiger partial charge in [0, 0.05) is 0 Å². The lowest BCUT2D eigenvalue weighted by Crippen LogP contribution is -2.42. The molecule has 8 heteroatoms. The van der Waals surface area contributed by atoms with Gasteiger partial charge in [0.15, 0.2) is 0 Å². The maximum absolute atomic E-state index is 11.5. The Morgan fingerprint density at radius 1 is 1.56 bits per heavy atom. The summed E-state index contributed by atoms with van der Waals surface area (Å²) in [5, 5.41) is 17.1. The monoisotopic (exact) mass is 225 g/mol. The molecular formula is C8H11N5O3. The fourth-order valence-electron chi connectivity index (χ4n) is 1.40. The molecule has 1 atom stereocenters. The Labute approximate surface area is 90.2 Å². The number of carbonyl (C=O) groups is 2. The highest BCUT2D eigenvalue weighted by Crippen LogP contribution is 2.32. The van der Waals surface area contributed by atoms with Crippen molar-refractivity contribution < 1.29 is 14.7 Å². The van der Waals surface area contributed by atoms with Gasteiger partial charge in [-0.1, -0.05) is 0 Å². The van der Waals surface area contributed by atoms with Crippen LogP contribution in [0.2, 0.25) is 0 Å². The van der Waals surface area contributed by atoms with Crippen LogP contribution >= 0.6 is 0 Å². The van der Waals surface area contributed by atoms with Crippen molar-refractivity contribution in [1.82, 2.24) is 20.5 Å². The highest BCUT2D eigenvalue weighted by Gasteiger charge is 2.37. The zero-order valence-electron chi connectivity index (χ0n) is 8.30. The van der Waals surface area contributed by atoms with Gasteiger partial charge in [0.25, 0.3) is 5.91 Å². The number of carboxylic acids is 1. The van der Waals surface area contributed by atoms with Gasteiger partial charge < -0.3 is 16.2 Å². The molecule has 1 aromatic rings. The van der Waals surface area contributed by atoms with E-state index in [4.69, 9.17) is 10.8 Å². The zero-order valence-corrected chi connectivity index (χ0v) is 8.30. The van der Waals surface area contributed by atoms with Crippen LogP contribution in [0.3, 0.4) is 0 Å². The van der Waals surface area contributed by atoms with E-state index in [2.05, 4.69) is 20.5 Å². The van der Waals surface area contributed by atoms with E-state index in [0.29, 0.717) is 0 Å². The molecule has 0 saturated heterocycles. The standard InChI is InChI=1S/C8H11N5O3/c9-8-11-5(12-13-8)6(14)10-4(7(15)16)3-1-2-3/h3-4H,1-2H2,(H,10,14)(H,15,16)(H3,9,11,12,13). The molecule has 0 radical (unpaired) electrons. The second-order valence-electron chi connectivity index (χ2n) is 3.67. The van der Waals surface area contributed by atoms with Gasteiger partial charge in [0.2, 0.25) is 11.8 Å². The molecule has 1 aliphatic rings. The summed E-state index contributed by atoms with van der Waals surface area (Å²) in [6.07, 6.45) is 1.63. The van der Waals surface area contributed by atoms with Gasteiger partial charge in [0.1, 0.15) is 6.04 Å². The predicted octanol–water partition coefficient (Wildman–Crippen LogP) is -1.02. The number of carbonyl (C=O) groups excluding carboxylic acids is 1.